The highest BCUT2D eigenvalue weighted by atomic mass is 16.5. The second-order valence-corrected chi connectivity index (χ2v) is 8.57. The summed E-state index contributed by atoms with van der Waals surface area (Å²) in [4.78, 5) is 23.5. The number of carbonyl (C=O) groups is 1. The molecule has 0 radical (unpaired) electrons. The Balaban J connectivity index is 1.42. The van der Waals surface area contributed by atoms with Gasteiger partial charge in [-0.3, -0.25) is 14.6 Å². The summed E-state index contributed by atoms with van der Waals surface area (Å²) in [6.45, 7) is 9.66. The first-order chi connectivity index (χ1) is 15.3. The zero-order chi connectivity index (χ0) is 23.1. The summed E-state index contributed by atoms with van der Waals surface area (Å²) in [5.74, 6) is 0.941. The van der Waals surface area contributed by atoms with Gasteiger partial charge in [0.1, 0.15) is 12.0 Å². The number of ether oxygens (including phenoxy) is 1. The molecule has 1 aliphatic rings. The lowest BCUT2D eigenvalue weighted by atomic mass is 10.2. The number of oxazole rings is 1. The molecule has 1 aromatic carbocycles. The SMILES string of the molecule is COc1ccc(NC(=O)c2coc(CN3CCN(CC(O)CN(C)C(C)C)CC3)n2)cc1. The van der Waals surface area contributed by atoms with Gasteiger partial charge in [-0.15, -0.1) is 0 Å². The second-order valence-electron chi connectivity index (χ2n) is 8.57. The molecule has 0 aliphatic carbocycles. The number of nitrogens with zero attached hydrogens (tertiary/aromatic N) is 4. The number of aromatic nitrogens is 1. The maximum Gasteiger partial charge on any atom is 0.277 e. The van der Waals surface area contributed by atoms with Gasteiger partial charge in [0.05, 0.1) is 19.8 Å². The average Bonchev–Trinajstić information content (AvgIpc) is 3.24. The molecule has 9 heteroatoms. The highest BCUT2D eigenvalue weighted by Crippen LogP contribution is 2.16. The number of nitrogens with one attached hydrogen (secondary N) is 1. The summed E-state index contributed by atoms with van der Waals surface area (Å²) >= 11 is 0. The smallest absolute Gasteiger partial charge is 0.277 e. The Morgan fingerprint density at radius 2 is 1.88 bits per heavy atom. The van der Waals surface area contributed by atoms with E-state index in [0.717, 1.165) is 31.9 Å². The first-order valence-corrected chi connectivity index (χ1v) is 11.1. The van der Waals surface area contributed by atoms with Gasteiger partial charge < -0.3 is 24.5 Å². The predicted octanol–water partition coefficient (Wildman–Crippen LogP) is 1.75. The normalized spacial score (nSPS) is 16.5. The number of anilines is 1. The lowest BCUT2D eigenvalue weighted by Crippen LogP contribution is -2.49. The van der Waals surface area contributed by atoms with E-state index in [9.17, 15) is 9.90 Å². The summed E-state index contributed by atoms with van der Waals surface area (Å²) in [6, 6.07) is 7.53. The van der Waals surface area contributed by atoms with Crippen LogP contribution in [0.4, 0.5) is 5.69 Å². The number of piperazine rings is 1. The molecule has 0 bridgehead atoms. The van der Waals surface area contributed by atoms with E-state index < -0.39 is 0 Å². The Kier molecular flexibility index (Phi) is 8.63. The van der Waals surface area contributed by atoms with Crippen molar-refractivity contribution in [1.29, 1.82) is 0 Å². The van der Waals surface area contributed by atoms with Crippen LogP contribution in [0.25, 0.3) is 0 Å². The van der Waals surface area contributed by atoms with Crippen LogP contribution in [-0.4, -0.2) is 96.3 Å². The standard InChI is InChI=1S/C23H35N5O4/c1-17(2)26(3)13-19(29)14-27-9-11-28(12-10-27)15-22-25-21(16-32-22)23(30)24-18-5-7-20(31-4)8-6-18/h5-8,16-17,19,29H,9-15H2,1-4H3,(H,24,30). The summed E-state index contributed by atoms with van der Waals surface area (Å²) in [5.41, 5.74) is 0.921. The highest BCUT2D eigenvalue weighted by Gasteiger charge is 2.22. The number of aliphatic hydroxyl groups is 1. The molecule has 2 aromatic rings. The minimum Gasteiger partial charge on any atom is -0.497 e. The summed E-state index contributed by atoms with van der Waals surface area (Å²) in [6.07, 6.45) is 1.04. The third-order valence-corrected chi connectivity index (χ3v) is 5.81. The van der Waals surface area contributed by atoms with Crippen LogP contribution in [0.1, 0.15) is 30.2 Å². The number of β-amino-alcohol motifs (C(OH)–C–C–N with tert-alkyl or cyclic N) is 1. The molecular weight excluding hydrogens is 410 g/mol. The Morgan fingerprint density at radius 1 is 1.22 bits per heavy atom. The van der Waals surface area contributed by atoms with Crippen LogP contribution in [0.5, 0.6) is 5.75 Å². The van der Waals surface area contributed by atoms with Gasteiger partial charge in [-0.25, -0.2) is 4.98 Å². The van der Waals surface area contributed by atoms with Crippen LogP contribution < -0.4 is 10.1 Å². The third kappa shape index (κ3) is 7.03. The van der Waals surface area contributed by atoms with E-state index >= 15 is 0 Å². The minimum atomic E-state index is -0.354. The molecule has 1 atom stereocenters. The van der Waals surface area contributed by atoms with Gasteiger partial charge in [-0.05, 0) is 45.2 Å². The molecule has 0 spiro atoms. The fourth-order valence-corrected chi connectivity index (χ4v) is 3.58. The van der Waals surface area contributed by atoms with Gasteiger partial charge in [-0.1, -0.05) is 0 Å². The predicted molar refractivity (Wildman–Crippen MR) is 123 cm³/mol. The summed E-state index contributed by atoms with van der Waals surface area (Å²) in [5, 5.41) is 13.1. The molecular formula is C23H35N5O4. The quantitative estimate of drug-likeness (QED) is 0.571. The van der Waals surface area contributed by atoms with Crippen LogP contribution in [0.2, 0.25) is 0 Å². The van der Waals surface area contributed by atoms with E-state index in [1.165, 1.54) is 6.26 Å². The Morgan fingerprint density at radius 3 is 2.50 bits per heavy atom. The van der Waals surface area contributed by atoms with E-state index in [2.05, 4.69) is 38.8 Å². The molecule has 1 amide bonds. The number of aliphatic hydroxyl groups excluding tert-OH is 1. The van der Waals surface area contributed by atoms with E-state index in [0.29, 0.717) is 37.3 Å². The van der Waals surface area contributed by atoms with E-state index in [4.69, 9.17) is 9.15 Å². The number of benzene rings is 1. The monoisotopic (exact) mass is 445 g/mol. The number of amides is 1. The van der Waals surface area contributed by atoms with Crippen molar-refractivity contribution < 1.29 is 19.1 Å². The molecule has 2 N–H and O–H groups in total. The fraction of sp³-hybridized carbons (Fsp3) is 0.565. The van der Waals surface area contributed by atoms with Crippen molar-refractivity contribution in [1.82, 2.24) is 19.7 Å². The number of likely N-dealkylation sites (N-methyl/N-ethyl adjacent to an activating group) is 1. The maximum atomic E-state index is 12.4. The van der Waals surface area contributed by atoms with E-state index in [1.54, 1.807) is 31.4 Å². The molecule has 0 saturated carbocycles. The third-order valence-electron chi connectivity index (χ3n) is 5.81. The number of carbonyl (C=O) groups excluding carboxylic acids is 1. The van der Waals surface area contributed by atoms with Crippen LogP contribution in [-0.2, 0) is 6.54 Å². The first kappa shape index (κ1) is 24.2. The molecule has 2 heterocycles. The van der Waals surface area contributed by atoms with Crippen molar-refractivity contribution in [2.75, 3.05) is 58.7 Å². The number of rotatable bonds is 10. The minimum absolute atomic E-state index is 0.256. The first-order valence-electron chi connectivity index (χ1n) is 11.1. The van der Waals surface area contributed by atoms with E-state index in [-0.39, 0.29) is 17.7 Å². The Hall–Kier alpha value is -2.46. The molecule has 1 unspecified atom stereocenters. The molecule has 1 aromatic heterocycles. The van der Waals surface area contributed by atoms with Gasteiger partial charge in [0.2, 0.25) is 5.89 Å². The van der Waals surface area contributed by atoms with Gasteiger partial charge in [0.25, 0.3) is 5.91 Å². The number of hydrogen-bond acceptors (Lipinski definition) is 8. The highest BCUT2D eigenvalue weighted by molar-refractivity contribution is 6.02. The van der Waals surface area contributed by atoms with Crippen LogP contribution >= 0.6 is 0 Å². The molecule has 176 valence electrons. The van der Waals surface area contributed by atoms with Gasteiger partial charge in [-0.2, -0.15) is 0 Å². The van der Waals surface area contributed by atoms with Crippen LogP contribution in [0, 0.1) is 0 Å². The van der Waals surface area contributed by atoms with Crippen LogP contribution in [0.15, 0.2) is 34.9 Å². The zero-order valence-corrected chi connectivity index (χ0v) is 19.5. The van der Waals surface area contributed by atoms with Gasteiger partial charge in [0.15, 0.2) is 5.69 Å². The molecule has 1 fully saturated rings. The molecule has 1 saturated heterocycles. The largest absolute Gasteiger partial charge is 0.497 e. The van der Waals surface area contributed by atoms with Crippen molar-refractivity contribution in [3.05, 3.63) is 42.1 Å². The van der Waals surface area contributed by atoms with Gasteiger partial charge in [0, 0.05) is 51.0 Å². The molecule has 3 rings (SSSR count). The van der Waals surface area contributed by atoms with E-state index in [1.807, 2.05) is 7.05 Å². The van der Waals surface area contributed by atoms with Crippen molar-refractivity contribution in [2.45, 2.75) is 32.5 Å². The summed E-state index contributed by atoms with van der Waals surface area (Å²) < 4.78 is 10.6. The Bertz CT molecular complexity index is 846. The molecule has 32 heavy (non-hydrogen) atoms. The fourth-order valence-electron chi connectivity index (χ4n) is 3.58. The number of hydrogen-bond donors (Lipinski definition) is 2. The molecule has 9 nitrogen and oxygen atoms in total. The summed E-state index contributed by atoms with van der Waals surface area (Å²) in [7, 11) is 3.63. The molecule has 1 aliphatic heterocycles. The Labute approximate surface area is 190 Å². The topological polar surface area (TPSA) is 94.3 Å². The van der Waals surface area contributed by atoms with Crippen molar-refractivity contribution in [3.8, 4) is 5.75 Å². The lowest BCUT2D eigenvalue weighted by molar-refractivity contribution is 0.0469. The zero-order valence-electron chi connectivity index (χ0n) is 19.5. The lowest BCUT2D eigenvalue weighted by Gasteiger charge is -2.35. The average molecular weight is 446 g/mol. The maximum absolute atomic E-state index is 12.4. The number of methoxy groups -OCH3 is 1. The van der Waals surface area contributed by atoms with Crippen molar-refractivity contribution in [2.24, 2.45) is 0 Å². The van der Waals surface area contributed by atoms with Gasteiger partial charge >= 0.3 is 0 Å². The van der Waals surface area contributed by atoms with Crippen LogP contribution in [0.3, 0.4) is 0 Å². The van der Waals surface area contributed by atoms with Crippen molar-refractivity contribution in [3.63, 3.8) is 0 Å². The second kappa shape index (κ2) is 11.4. The van der Waals surface area contributed by atoms with Crippen molar-refractivity contribution >= 4 is 11.6 Å².